The lowest BCUT2D eigenvalue weighted by Crippen LogP contribution is -2.46. The van der Waals surface area contributed by atoms with Crippen LogP contribution in [0.25, 0.3) is 0 Å². The molecule has 0 bridgehead atoms. The van der Waals surface area contributed by atoms with Crippen molar-refractivity contribution in [1.82, 2.24) is 10.2 Å². The van der Waals surface area contributed by atoms with Crippen molar-refractivity contribution in [2.45, 2.75) is 31.2 Å². The van der Waals surface area contributed by atoms with E-state index in [-0.39, 0.29) is 24.4 Å². The molecule has 1 aromatic heterocycles. The Morgan fingerprint density at radius 2 is 1.88 bits per heavy atom. The van der Waals surface area contributed by atoms with Crippen LogP contribution in [0.4, 0.5) is 0 Å². The number of likely N-dealkylation sites (tertiary alicyclic amines) is 1. The van der Waals surface area contributed by atoms with Crippen LogP contribution in [0.3, 0.4) is 0 Å². The molecule has 3 rings (SSSR count). The number of nitrogens with zero attached hydrogens (tertiary/aromatic N) is 1. The van der Waals surface area contributed by atoms with Gasteiger partial charge in [0.25, 0.3) is 0 Å². The van der Waals surface area contributed by atoms with Crippen LogP contribution >= 0.6 is 0 Å². The largest absolute Gasteiger partial charge is 0.480 e. The Kier molecular flexibility index (Phi) is 6.07. The van der Waals surface area contributed by atoms with Gasteiger partial charge in [-0.2, -0.15) is 0 Å². The first-order valence-corrected chi connectivity index (χ1v) is 8.93. The number of benzene rings is 1. The van der Waals surface area contributed by atoms with E-state index in [2.05, 4.69) is 5.32 Å². The van der Waals surface area contributed by atoms with E-state index in [4.69, 9.17) is 9.52 Å². The molecule has 1 aliphatic rings. The van der Waals surface area contributed by atoms with Crippen molar-refractivity contribution < 1.29 is 19.1 Å². The number of carboxylic acid groups (broad SMARTS) is 1. The fourth-order valence-corrected chi connectivity index (χ4v) is 3.46. The number of aliphatic carboxylic acids is 1. The number of carbonyl (C=O) groups excluding carboxylic acids is 1. The van der Waals surface area contributed by atoms with Gasteiger partial charge >= 0.3 is 5.97 Å². The molecular formula is C20H24N2O4. The first-order valence-electron chi connectivity index (χ1n) is 8.93. The number of rotatable bonds is 7. The van der Waals surface area contributed by atoms with E-state index in [1.807, 2.05) is 47.4 Å². The van der Waals surface area contributed by atoms with Crippen LogP contribution in [-0.4, -0.2) is 47.6 Å². The molecule has 2 heterocycles. The van der Waals surface area contributed by atoms with Crippen LogP contribution in [0.1, 0.15) is 36.5 Å². The average Bonchev–Trinajstić information content (AvgIpc) is 3.16. The summed E-state index contributed by atoms with van der Waals surface area (Å²) in [6.45, 7) is 1.45. The number of hydrogen-bond acceptors (Lipinski definition) is 4. The van der Waals surface area contributed by atoms with E-state index in [0.29, 0.717) is 19.5 Å². The van der Waals surface area contributed by atoms with Gasteiger partial charge in [0, 0.05) is 25.6 Å². The fourth-order valence-electron chi connectivity index (χ4n) is 3.46. The van der Waals surface area contributed by atoms with Gasteiger partial charge in [0.2, 0.25) is 5.91 Å². The van der Waals surface area contributed by atoms with Gasteiger partial charge < -0.3 is 14.8 Å². The highest BCUT2D eigenvalue weighted by Crippen LogP contribution is 2.28. The first-order chi connectivity index (χ1) is 12.6. The van der Waals surface area contributed by atoms with Crippen molar-refractivity contribution in [1.29, 1.82) is 0 Å². The Hall–Kier alpha value is -2.60. The maximum absolute atomic E-state index is 12.6. The third kappa shape index (κ3) is 4.95. The van der Waals surface area contributed by atoms with Crippen LogP contribution in [0.15, 0.2) is 53.1 Å². The Balaban J connectivity index is 1.57. The quantitative estimate of drug-likeness (QED) is 0.796. The normalized spacial score (nSPS) is 16.9. The molecule has 6 heteroatoms. The van der Waals surface area contributed by atoms with Gasteiger partial charge in [-0.3, -0.25) is 14.5 Å². The van der Waals surface area contributed by atoms with Crippen LogP contribution in [-0.2, 0) is 9.59 Å². The van der Waals surface area contributed by atoms with E-state index in [1.54, 1.807) is 6.26 Å². The SMILES string of the molecule is O=C(O)CN1CCC(NC(=O)CC(c2ccccc2)c2ccco2)CC1. The second-order valence-corrected chi connectivity index (χ2v) is 6.69. The molecule has 0 aliphatic carbocycles. The molecule has 2 aromatic rings. The standard InChI is InChI=1S/C20H24N2O4/c23-19(21-16-8-10-22(11-9-16)14-20(24)25)13-17(18-7-4-12-26-18)15-5-2-1-3-6-15/h1-7,12,16-17H,8-11,13-14H2,(H,21,23)(H,24,25). The van der Waals surface area contributed by atoms with Crippen molar-refractivity contribution in [3.8, 4) is 0 Å². The first kappa shape index (κ1) is 18.2. The summed E-state index contributed by atoms with van der Waals surface area (Å²) in [4.78, 5) is 25.3. The van der Waals surface area contributed by atoms with Crippen molar-refractivity contribution in [2.24, 2.45) is 0 Å². The molecule has 1 aromatic carbocycles. The smallest absolute Gasteiger partial charge is 0.317 e. The van der Waals surface area contributed by atoms with E-state index in [1.165, 1.54) is 0 Å². The number of piperidine rings is 1. The minimum atomic E-state index is -0.809. The Labute approximate surface area is 152 Å². The second kappa shape index (κ2) is 8.67. The van der Waals surface area contributed by atoms with Gasteiger partial charge in [0.05, 0.1) is 18.7 Å². The topological polar surface area (TPSA) is 82.8 Å². The molecule has 26 heavy (non-hydrogen) atoms. The minimum Gasteiger partial charge on any atom is -0.480 e. The molecule has 1 aliphatic heterocycles. The fraction of sp³-hybridized carbons (Fsp3) is 0.400. The average molecular weight is 356 g/mol. The van der Waals surface area contributed by atoms with Gasteiger partial charge in [-0.25, -0.2) is 0 Å². The van der Waals surface area contributed by atoms with Crippen molar-refractivity contribution in [2.75, 3.05) is 19.6 Å². The summed E-state index contributed by atoms with van der Waals surface area (Å²) in [5.74, 6) is -0.149. The molecule has 138 valence electrons. The summed E-state index contributed by atoms with van der Waals surface area (Å²) < 4.78 is 5.55. The molecule has 0 saturated carbocycles. The highest BCUT2D eigenvalue weighted by Gasteiger charge is 2.25. The third-order valence-electron chi connectivity index (χ3n) is 4.79. The summed E-state index contributed by atoms with van der Waals surface area (Å²) in [5, 5.41) is 12.0. The number of furan rings is 1. The van der Waals surface area contributed by atoms with Gasteiger partial charge in [-0.1, -0.05) is 30.3 Å². The maximum atomic E-state index is 12.6. The summed E-state index contributed by atoms with van der Waals surface area (Å²) >= 11 is 0. The predicted octanol–water partition coefficient (Wildman–Crippen LogP) is 2.47. The van der Waals surface area contributed by atoms with Crippen molar-refractivity contribution >= 4 is 11.9 Å². The summed E-state index contributed by atoms with van der Waals surface area (Å²) in [7, 11) is 0. The predicted molar refractivity (Wildman–Crippen MR) is 96.9 cm³/mol. The molecule has 6 nitrogen and oxygen atoms in total. The van der Waals surface area contributed by atoms with Crippen LogP contribution in [0.2, 0.25) is 0 Å². The lowest BCUT2D eigenvalue weighted by Gasteiger charge is -2.31. The maximum Gasteiger partial charge on any atom is 0.317 e. The van der Waals surface area contributed by atoms with Gasteiger partial charge in [-0.15, -0.1) is 0 Å². The number of nitrogens with one attached hydrogen (secondary N) is 1. The summed E-state index contributed by atoms with van der Waals surface area (Å²) in [5.41, 5.74) is 1.05. The summed E-state index contributed by atoms with van der Waals surface area (Å²) in [6, 6.07) is 13.7. The highest BCUT2D eigenvalue weighted by molar-refractivity contribution is 5.77. The Morgan fingerprint density at radius 1 is 1.15 bits per heavy atom. The molecule has 2 N–H and O–H groups in total. The van der Waals surface area contributed by atoms with E-state index in [0.717, 1.165) is 24.2 Å². The van der Waals surface area contributed by atoms with Crippen LogP contribution < -0.4 is 5.32 Å². The third-order valence-corrected chi connectivity index (χ3v) is 4.79. The van der Waals surface area contributed by atoms with Gasteiger partial charge in [0.15, 0.2) is 0 Å². The van der Waals surface area contributed by atoms with Crippen LogP contribution in [0, 0.1) is 0 Å². The number of carbonyl (C=O) groups is 2. The molecule has 1 saturated heterocycles. The second-order valence-electron chi connectivity index (χ2n) is 6.69. The Bertz CT molecular complexity index is 707. The molecule has 1 amide bonds. The monoisotopic (exact) mass is 356 g/mol. The van der Waals surface area contributed by atoms with Crippen molar-refractivity contribution in [3.05, 3.63) is 60.1 Å². The molecule has 1 fully saturated rings. The number of carboxylic acids is 1. The van der Waals surface area contributed by atoms with Gasteiger partial charge in [0.1, 0.15) is 5.76 Å². The molecule has 0 spiro atoms. The lowest BCUT2D eigenvalue weighted by molar-refractivity contribution is -0.138. The van der Waals surface area contributed by atoms with E-state index in [9.17, 15) is 9.59 Å². The molecule has 1 unspecified atom stereocenters. The minimum absolute atomic E-state index is 0.00747. The van der Waals surface area contributed by atoms with Gasteiger partial charge in [-0.05, 0) is 30.5 Å². The Morgan fingerprint density at radius 3 is 2.50 bits per heavy atom. The summed E-state index contributed by atoms with van der Waals surface area (Å²) in [6.07, 6.45) is 3.50. The zero-order chi connectivity index (χ0) is 18.4. The number of hydrogen-bond donors (Lipinski definition) is 2. The zero-order valence-corrected chi connectivity index (χ0v) is 14.6. The zero-order valence-electron chi connectivity index (χ0n) is 14.6. The van der Waals surface area contributed by atoms with E-state index >= 15 is 0 Å². The van der Waals surface area contributed by atoms with Crippen LogP contribution in [0.5, 0.6) is 0 Å². The number of amides is 1. The lowest BCUT2D eigenvalue weighted by atomic mass is 9.92. The van der Waals surface area contributed by atoms with Crippen molar-refractivity contribution in [3.63, 3.8) is 0 Å². The molecular weight excluding hydrogens is 332 g/mol. The highest BCUT2D eigenvalue weighted by atomic mass is 16.4. The molecule has 0 radical (unpaired) electrons. The molecule has 1 atom stereocenters. The van der Waals surface area contributed by atoms with E-state index < -0.39 is 5.97 Å².